The van der Waals surface area contributed by atoms with Gasteiger partial charge >= 0.3 is 5.97 Å². The van der Waals surface area contributed by atoms with Crippen molar-refractivity contribution in [3.05, 3.63) is 28.8 Å². The number of aliphatic hydroxyl groups excluding tert-OH is 1. The highest BCUT2D eigenvalue weighted by molar-refractivity contribution is 6.33. The molecule has 5 heteroatoms. The van der Waals surface area contributed by atoms with Gasteiger partial charge in [0.2, 0.25) is 0 Å². The van der Waals surface area contributed by atoms with Crippen molar-refractivity contribution in [1.29, 1.82) is 0 Å². The van der Waals surface area contributed by atoms with E-state index in [0.717, 1.165) is 18.8 Å². The fraction of sp³-hybridized carbons (Fsp3) is 0.462. The van der Waals surface area contributed by atoms with Gasteiger partial charge in [-0.15, -0.1) is 0 Å². The number of anilines is 1. The lowest BCUT2D eigenvalue weighted by Gasteiger charge is -2.20. The van der Waals surface area contributed by atoms with Crippen LogP contribution in [0.25, 0.3) is 0 Å². The molecule has 1 atom stereocenters. The summed E-state index contributed by atoms with van der Waals surface area (Å²) in [6, 6.07) is 5.17. The number of carbonyl (C=O) groups excluding carboxylic acids is 1. The highest BCUT2D eigenvalue weighted by Gasteiger charge is 2.21. The van der Waals surface area contributed by atoms with Crippen LogP contribution in [0.4, 0.5) is 5.69 Å². The number of benzene rings is 1. The van der Waals surface area contributed by atoms with E-state index in [1.54, 1.807) is 12.1 Å². The zero-order chi connectivity index (χ0) is 13.1. The molecule has 0 aromatic heterocycles. The average molecular weight is 270 g/mol. The Bertz CT molecular complexity index is 444. The molecular formula is C13H16ClNO3. The van der Waals surface area contributed by atoms with Crippen molar-refractivity contribution >= 4 is 23.3 Å². The minimum Gasteiger partial charge on any atom is -0.467 e. The van der Waals surface area contributed by atoms with Gasteiger partial charge in [0.1, 0.15) is 0 Å². The van der Waals surface area contributed by atoms with E-state index in [4.69, 9.17) is 11.6 Å². The number of aliphatic hydroxyl groups is 1. The van der Waals surface area contributed by atoms with Crippen molar-refractivity contribution in [2.24, 2.45) is 0 Å². The van der Waals surface area contributed by atoms with Gasteiger partial charge in [-0.05, 0) is 30.5 Å². The number of hydrogen-bond acceptors (Lipinski definition) is 4. The molecule has 1 aliphatic heterocycles. The van der Waals surface area contributed by atoms with Crippen molar-refractivity contribution in [1.82, 2.24) is 0 Å². The molecule has 0 radical (unpaired) electrons. The largest absolute Gasteiger partial charge is 0.467 e. The molecule has 1 aliphatic rings. The normalized spacial score (nSPS) is 16.7. The lowest BCUT2D eigenvalue weighted by molar-refractivity contribution is -0.150. The Kier molecular flexibility index (Phi) is 4.09. The zero-order valence-electron chi connectivity index (χ0n) is 10.2. The summed E-state index contributed by atoms with van der Waals surface area (Å²) in [6.45, 7) is 2.00. The summed E-state index contributed by atoms with van der Waals surface area (Å²) in [4.78, 5) is 13.4. The van der Waals surface area contributed by atoms with Crippen LogP contribution in [0.15, 0.2) is 18.2 Å². The quantitative estimate of drug-likeness (QED) is 0.855. The van der Waals surface area contributed by atoms with Gasteiger partial charge in [-0.2, -0.15) is 0 Å². The molecule has 1 heterocycles. The third kappa shape index (κ3) is 2.60. The Morgan fingerprint density at radius 1 is 1.44 bits per heavy atom. The standard InChI is InChI=1S/C13H16ClNO3/c1-18-13(17)12(16)9-4-5-11(10(14)8-9)15-6-2-3-7-15/h4-5,8,12,16H,2-3,6-7H2,1H3. The SMILES string of the molecule is COC(=O)C(O)c1ccc(N2CCCC2)c(Cl)c1. The Labute approximate surface area is 111 Å². The van der Waals surface area contributed by atoms with Crippen LogP contribution >= 0.6 is 11.6 Å². The smallest absolute Gasteiger partial charge is 0.339 e. The summed E-state index contributed by atoms with van der Waals surface area (Å²) in [6.07, 6.45) is 1.06. The van der Waals surface area contributed by atoms with E-state index in [1.165, 1.54) is 20.0 Å². The summed E-state index contributed by atoms with van der Waals surface area (Å²) in [7, 11) is 1.24. The molecule has 2 rings (SSSR count). The van der Waals surface area contributed by atoms with E-state index < -0.39 is 12.1 Å². The van der Waals surface area contributed by atoms with Crippen molar-refractivity contribution in [2.75, 3.05) is 25.1 Å². The predicted octanol–water partition coefficient (Wildman–Crippen LogP) is 2.15. The van der Waals surface area contributed by atoms with Gasteiger partial charge in [0.05, 0.1) is 17.8 Å². The van der Waals surface area contributed by atoms with Gasteiger partial charge in [0.25, 0.3) is 0 Å². The maximum atomic E-state index is 11.2. The molecule has 0 bridgehead atoms. The molecule has 1 unspecified atom stereocenters. The Morgan fingerprint density at radius 3 is 2.67 bits per heavy atom. The molecule has 98 valence electrons. The molecule has 1 aromatic rings. The molecule has 18 heavy (non-hydrogen) atoms. The minimum absolute atomic E-state index is 0.454. The maximum absolute atomic E-state index is 11.2. The van der Waals surface area contributed by atoms with Crippen LogP contribution in [0.5, 0.6) is 0 Å². The fourth-order valence-electron chi connectivity index (χ4n) is 2.16. The topological polar surface area (TPSA) is 49.8 Å². The lowest BCUT2D eigenvalue weighted by Crippen LogP contribution is -2.18. The van der Waals surface area contributed by atoms with Crippen LogP contribution in [0.2, 0.25) is 5.02 Å². The summed E-state index contributed by atoms with van der Waals surface area (Å²) < 4.78 is 4.49. The van der Waals surface area contributed by atoms with Gasteiger partial charge in [-0.25, -0.2) is 4.79 Å². The van der Waals surface area contributed by atoms with Crippen LogP contribution in [-0.4, -0.2) is 31.3 Å². The van der Waals surface area contributed by atoms with Gasteiger partial charge in [-0.1, -0.05) is 17.7 Å². The minimum atomic E-state index is -1.28. The molecular weight excluding hydrogens is 254 g/mol. The molecule has 0 spiro atoms. The third-order valence-electron chi connectivity index (χ3n) is 3.16. The van der Waals surface area contributed by atoms with Crippen LogP contribution in [0, 0.1) is 0 Å². The second-order valence-corrected chi connectivity index (χ2v) is 4.74. The molecule has 0 saturated carbocycles. The molecule has 0 amide bonds. The van der Waals surface area contributed by atoms with Crippen LogP contribution in [0.3, 0.4) is 0 Å². The van der Waals surface area contributed by atoms with Crippen molar-refractivity contribution in [2.45, 2.75) is 18.9 Å². The highest BCUT2D eigenvalue weighted by atomic mass is 35.5. The van der Waals surface area contributed by atoms with Crippen LogP contribution in [-0.2, 0) is 9.53 Å². The number of halogens is 1. The molecule has 1 N–H and O–H groups in total. The number of esters is 1. The zero-order valence-corrected chi connectivity index (χ0v) is 11.0. The first-order valence-electron chi connectivity index (χ1n) is 5.94. The molecule has 0 aliphatic carbocycles. The van der Waals surface area contributed by atoms with Crippen LogP contribution < -0.4 is 4.90 Å². The van der Waals surface area contributed by atoms with E-state index in [-0.39, 0.29) is 0 Å². The summed E-state index contributed by atoms with van der Waals surface area (Å²) in [5.74, 6) is -0.681. The first kappa shape index (κ1) is 13.2. The van der Waals surface area contributed by atoms with Crippen molar-refractivity contribution in [3.8, 4) is 0 Å². The number of rotatable bonds is 3. The van der Waals surface area contributed by atoms with Gasteiger partial charge in [-0.3, -0.25) is 0 Å². The number of nitrogens with zero attached hydrogens (tertiary/aromatic N) is 1. The lowest BCUT2D eigenvalue weighted by atomic mass is 10.1. The predicted molar refractivity (Wildman–Crippen MR) is 69.9 cm³/mol. The first-order chi connectivity index (χ1) is 8.63. The van der Waals surface area contributed by atoms with E-state index in [1.807, 2.05) is 6.07 Å². The second kappa shape index (κ2) is 5.59. The Balaban J connectivity index is 2.21. The summed E-state index contributed by atoms with van der Waals surface area (Å²) in [5.41, 5.74) is 1.41. The number of hydrogen-bond donors (Lipinski definition) is 1. The maximum Gasteiger partial charge on any atom is 0.339 e. The second-order valence-electron chi connectivity index (χ2n) is 4.33. The van der Waals surface area contributed by atoms with Crippen LogP contribution in [0.1, 0.15) is 24.5 Å². The molecule has 1 saturated heterocycles. The number of methoxy groups -OCH3 is 1. The number of ether oxygens (including phenoxy) is 1. The van der Waals surface area contributed by atoms with E-state index in [0.29, 0.717) is 10.6 Å². The fourth-order valence-corrected chi connectivity index (χ4v) is 2.46. The van der Waals surface area contributed by atoms with Crippen molar-refractivity contribution < 1.29 is 14.6 Å². The Morgan fingerprint density at radius 2 is 2.11 bits per heavy atom. The molecule has 1 aromatic carbocycles. The van der Waals surface area contributed by atoms with Gasteiger partial charge in [0.15, 0.2) is 6.10 Å². The van der Waals surface area contributed by atoms with E-state index >= 15 is 0 Å². The molecule has 4 nitrogen and oxygen atoms in total. The van der Waals surface area contributed by atoms with Gasteiger partial charge in [0, 0.05) is 13.1 Å². The average Bonchev–Trinajstić information content (AvgIpc) is 2.90. The number of carbonyl (C=O) groups is 1. The summed E-state index contributed by atoms with van der Waals surface area (Å²) >= 11 is 6.20. The van der Waals surface area contributed by atoms with Crippen molar-refractivity contribution in [3.63, 3.8) is 0 Å². The van der Waals surface area contributed by atoms with Gasteiger partial charge < -0.3 is 14.7 Å². The highest BCUT2D eigenvalue weighted by Crippen LogP contribution is 2.31. The summed E-state index contributed by atoms with van der Waals surface area (Å²) in [5, 5.41) is 10.3. The monoisotopic (exact) mass is 269 g/mol. The molecule has 1 fully saturated rings. The third-order valence-corrected chi connectivity index (χ3v) is 3.46. The van der Waals surface area contributed by atoms with E-state index in [2.05, 4.69) is 9.64 Å². The Hall–Kier alpha value is -1.26. The van der Waals surface area contributed by atoms with E-state index in [9.17, 15) is 9.90 Å². The first-order valence-corrected chi connectivity index (χ1v) is 6.31.